The van der Waals surface area contributed by atoms with Crippen LogP contribution in [0, 0.1) is 18.6 Å². The molecular formula is C20H14F4O. The van der Waals surface area contributed by atoms with Crippen molar-refractivity contribution < 1.29 is 22.3 Å². The second-order valence-corrected chi connectivity index (χ2v) is 5.61. The van der Waals surface area contributed by atoms with Gasteiger partial charge in [-0.15, -0.1) is 0 Å². The zero-order valence-electron chi connectivity index (χ0n) is 13.3. The van der Waals surface area contributed by atoms with Gasteiger partial charge in [0.05, 0.1) is 5.56 Å². The fourth-order valence-corrected chi connectivity index (χ4v) is 2.36. The maximum atomic E-state index is 14.2. The highest BCUT2D eigenvalue weighted by Crippen LogP contribution is 2.34. The van der Waals surface area contributed by atoms with E-state index in [1.807, 2.05) is 31.2 Å². The van der Waals surface area contributed by atoms with Crippen molar-refractivity contribution in [3.05, 3.63) is 89.5 Å². The number of benzene rings is 3. The van der Waals surface area contributed by atoms with Gasteiger partial charge in [0.25, 0.3) is 0 Å². The van der Waals surface area contributed by atoms with Gasteiger partial charge in [0, 0.05) is 0 Å². The molecule has 0 N–H and O–H groups in total. The van der Waals surface area contributed by atoms with Crippen molar-refractivity contribution in [3.8, 4) is 16.9 Å². The molecule has 1 nitrogen and oxygen atoms in total. The minimum absolute atomic E-state index is 0.452. The van der Waals surface area contributed by atoms with Crippen LogP contribution < -0.4 is 4.74 Å². The first-order valence-electron chi connectivity index (χ1n) is 7.55. The highest BCUT2D eigenvalue weighted by molar-refractivity contribution is 5.64. The highest BCUT2D eigenvalue weighted by Gasteiger charge is 2.35. The van der Waals surface area contributed by atoms with E-state index in [0.29, 0.717) is 0 Å². The Bertz CT molecular complexity index is 871. The molecule has 5 heteroatoms. The molecule has 0 aromatic heterocycles. The first kappa shape index (κ1) is 17.0. The maximum Gasteiger partial charge on any atom is 0.426 e. The summed E-state index contributed by atoms with van der Waals surface area (Å²) in [5, 5.41) is 0. The van der Waals surface area contributed by atoms with Crippen molar-refractivity contribution in [2.24, 2.45) is 0 Å². The maximum absolute atomic E-state index is 14.2. The second kappa shape index (κ2) is 6.59. The van der Waals surface area contributed by atoms with E-state index in [2.05, 4.69) is 4.74 Å². The molecule has 0 bridgehead atoms. The lowest BCUT2D eigenvalue weighted by Gasteiger charge is -2.19. The molecule has 0 heterocycles. The standard InChI is InChI=1S/C20H14F4O/c1-13-5-7-14(8-6-13)15-9-11-16(12-10-15)20(23,24)25-18-4-2-3-17(21)19(18)22/h2-12H,1H3. The van der Waals surface area contributed by atoms with Crippen molar-refractivity contribution in [2.75, 3.05) is 0 Å². The molecule has 0 saturated carbocycles. The SMILES string of the molecule is Cc1ccc(-c2ccc(C(F)(F)Oc3cccc(F)c3F)cc2)cc1. The molecule has 0 spiro atoms. The number of aryl methyl sites for hydroxylation is 1. The summed E-state index contributed by atoms with van der Waals surface area (Å²) >= 11 is 0. The zero-order valence-corrected chi connectivity index (χ0v) is 13.3. The van der Waals surface area contributed by atoms with Gasteiger partial charge in [0.15, 0.2) is 11.6 Å². The summed E-state index contributed by atoms with van der Waals surface area (Å²) in [5.74, 6) is -3.53. The summed E-state index contributed by atoms with van der Waals surface area (Å²) in [6.07, 6.45) is -3.79. The minimum atomic E-state index is -3.79. The third kappa shape index (κ3) is 3.65. The fourth-order valence-electron chi connectivity index (χ4n) is 2.36. The van der Waals surface area contributed by atoms with Crippen LogP contribution in [-0.2, 0) is 6.11 Å². The molecule has 0 aliphatic rings. The molecule has 0 amide bonds. The van der Waals surface area contributed by atoms with Gasteiger partial charge >= 0.3 is 6.11 Å². The monoisotopic (exact) mass is 346 g/mol. The summed E-state index contributed by atoms with van der Waals surface area (Å²) in [7, 11) is 0. The summed E-state index contributed by atoms with van der Waals surface area (Å²) < 4.78 is 59.5. The molecule has 25 heavy (non-hydrogen) atoms. The second-order valence-electron chi connectivity index (χ2n) is 5.61. The summed E-state index contributed by atoms with van der Waals surface area (Å²) in [6.45, 7) is 1.95. The molecule has 0 aliphatic carbocycles. The van der Waals surface area contributed by atoms with Crippen molar-refractivity contribution >= 4 is 0 Å². The lowest BCUT2D eigenvalue weighted by atomic mass is 10.0. The molecule has 0 fully saturated rings. The first-order valence-corrected chi connectivity index (χ1v) is 7.55. The summed E-state index contributed by atoms with van der Waals surface area (Å²) in [6, 6.07) is 16.0. The van der Waals surface area contributed by atoms with Gasteiger partial charge in [0.2, 0.25) is 5.82 Å². The molecule has 0 unspecified atom stereocenters. The van der Waals surface area contributed by atoms with Crippen LogP contribution in [0.15, 0.2) is 66.7 Å². The first-order chi connectivity index (χ1) is 11.9. The Labute approximate surface area is 142 Å². The molecule has 0 atom stereocenters. The molecule has 3 aromatic carbocycles. The van der Waals surface area contributed by atoms with Gasteiger partial charge < -0.3 is 4.74 Å². The van der Waals surface area contributed by atoms with Crippen LogP contribution in [0.1, 0.15) is 11.1 Å². The molecule has 128 valence electrons. The molecule has 3 rings (SSSR count). The summed E-state index contributed by atoms with van der Waals surface area (Å²) in [4.78, 5) is 0. The third-order valence-electron chi connectivity index (χ3n) is 3.76. The van der Waals surface area contributed by atoms with Crippen molar-refractivity contribution in [2.45, 2.75) is 13.0 Å². The average molecular weight is 346 g/mol. The van der Waals surface area contributed by atoms with E-state index in [1.165, 1.54) is 24.3 Å². The number of halogens is 4. The Kier molecular flexibility index (Phi) is 4.49. The van der Waals surface area contributed by atoms with Crippen LogP contribution >= 0.6 is 0 Å². The molecule has 0 saturated heterocycles. The van der Waals surface area contributed by atoms with Crippen LogP contribution in [0.3, 0.4) is 0 Å². The molecule has 3 aromatic rings. The normalized spacial score (nSPS) is 11.4. The van der Waals surface area contributed by atoms with Gasteiger partial charge in [-0.1, -0.05) is 48.0 Å². The van der Waals surface area contributed by atoms with Gasteiger partial charge in [0.1, 0.15) is 0 Å². The third-order valence-corrected chi connectivity index (χ3v) is 3.76. The lowest BCUT2D eigenvalue weighted by molar-refractivity contribution is -0.187. The van der Waals surface area contributed by atoms with E-state index in [0.717, 1.165) is 34.9 Å². The van der Waals surface area contributed by atoms with Crippen LogP contribution in [0.2, 0.25) is 0 Å². The van der Waals surface area contributed by atoms with E-state index in [1.54, 1.807) is 0 Å². The van der Waals surface area contributed by atoms with Gasteiger partial charge in [-0.3, -0.25) is 0 Å². The van der Waals surface area contributed by atoms with Crippen molar-refractivity contribution in [1.82, 2.24) is 0 Å². The van der Waals surface area contributed by atoms with Crippen LogP contribution in [-0.4, -0.2) is 0 Å². The van der Waals surface area contributed by atoms with Gasteiger partial charge in [-0.2, -0.15) is 13.2 Å². The zero-order chi connectivity index (χ0) is 18.0. The molecular weight excluding hydrogens is 332 g/mol. The van der Waals surface area contributed by atoms with E-state index in [9.17, 15) is 17.6 Å². The molecule has 0 radical (unpaired) electrons. The Morgan fingerprint density at radius 3 is 1.92 bits per heavy atom. The number of ether oxygens (including phenoxy) is 1. The predicted octanol–water partition coefficient (Wildman–Crippen LogP) is 6.07. The Hall–Kier alpha value is -2.82. The topological polar surface area (TPSA) is 9.23 Å². The van der Waals surface area contributed by atoms with Crippen molar-refractivity contribution in [3.63, 3.8) is 0 Å². The highest BCUT2D eigenvalue weighted by atomic mass is 19.3. The van der Waals surface area contributed by atoms with E-state index in [4.69, 9.17) is 0 Å². The van der Waals surface area contributed by atoms with Gasteiger partial charge in [-0.25, -0.2) is 4.39 Å². The Balaban J connectivity index is 1.85. The van der Waals surface area contributed by atoms with E-state index in [-0.39, 0.29) is 0 Å². The quantitative estimate of drug-likeness (QED) is 0.521. The van der Waals surface area contributed by atoms with Crippen LogP contribution in [0.25, 0.3) is 11.1 Å². The fraction of sp³-hybridized carbons (Fsp3) is 0.100. The van der Waals surface area contributed by atoms with Gasteiger partial charge in [-0.05, 0) is 42.3 Å². The van der Waals surface area contributed by atoms with Crippen molar-refractivity contribution in [1.29, 1.82) is 0 Å². The molecule has 0 aliphatic heterocycles. The minimum Gasteiger partial charge on any atom is -0.426 e. The predicted molar refractivity (Wildman–Crippen MR) is 87.5 cm³/mol. The Morgan fingerprint density at radius 1 is 0.760 bits per heavy atom. The summed E-state index contributed by atoms with van der Waals surface area (Å²) in [5.41, 5.74) is 2.29. The lowest BCUT2D eigenvalue weighted by Crippen LogP contribution is -2.22. The largest absolute Gasteiger partial charge is 0.426 e. The van der Waals surface area contributed by atoms with Crippen LogP contribution in [0.4, 0.5) is 17.6 Å². The van der Waals surface area contributed by atoms with E-state index < -0.39 is 29.1 Å². The average Bonchev–Trinajstić information content (AvgIpc) is 2.60. The number of hydrogen-bond donors (Lipinski definition) is 0. The number of rotatable bonds is 4. The van der Waals surface area contributed by atoms with Crippen LogP contribution in [0.5, 0.6) is 5.75 Å². The number of alkyl halides is 2. The smallest absolute Gasteiger partial charge is 0.426 e. The number of hydrogen-bond acceptors (Lipinski definition) is 1. The Morgan fingerprint density at radius 2 is 1.32 bits per heavy atom. The van der Waals surface area contributed by atoms with E-state index >= 15 is 0 Å².